The van der Waals surface area contributed by atoms with E-state index in [0.717, 1.165) is 5.56 Å². The second-order valence-corrected chi connectivity index (χ2v) is 10.1. The molecule has 1 saturated carbocycles. The summed E-state index contributed by atoms with van der Waals surface area (Å²) in [6.07, 6.45) is 3.69. The minimum Gasteiger partial charge on any atom is -0.388 e. The van der Waals surface area contributed by atoms with E-state index in [9.17, 15) is 10.2 Å². The van der Waals surface area contributed by atoms with Gasteiger partial charge in [-0.3, -0.25) is 4.68 Å². The second-order valence-electron chi connectivity index (χ2n) is 9.77. The topological polar surface area (TPSA) is 114 Å². The van der Waals surface area contributed by atoms with Gasteiger partial charge in [-0.25, -0.2) is 4.98 Å². The Hall–Kier alpha value is -3.79. The lowest BCUT2D eigenvalue weighted by molar-refractivity contribution is 0.00722. The molecule has 9 nitrogen and oxygen atoms in total. The number of nitrogens with one attached hydrogen (secondary N) is 1. The van der Waals surface area contributed by atoms with E-state index in [1.807, 2.05) is 49.5 Å². The van der Waals surface area contributed by atoms with Gasteiger partial charge in [0.15, 0.2) is 17.0 Å². The number of aliphatic hydroxyl groups excluding tert-OH is 2. The molecular formula is C28H28ClN7O2. The van der Waals surface area contributed by atoms with Gasteiger partial charge >= 0.3 is 0 Å². The average molecular weight is 530 g/mol. The van der Waals surface area contributed by atoms with Gasteiger partial charge in [0.05, 0.1) is 24.6 Å². The third kappa shape index (κ3) is 4.53. The molecule has 0 amide bonds. The van der Waals surface area contributed by atoms with Crippen LogP contribution in [0, 0.1) is 6.92 Å². The standard InChI is InChI=1S/C28H28ClN7O2/c1-17-13-32-36(15-17)22-12-21(24(37)25(22)38)35-16-31-23-26(33-28(29)34-27(23)35)30-14-20(18-8-4-2-5-9-18)19-10-6-3-7-11-19/h2-11,13,15-16,20-22,24-25,37-38H,12,14H2,1H3,(H,30,33,34)/t21?,22-,24?,25+/m0/s1. The lowest BCUT2D eigenvalue weighted by Crippen LogP contribution is -2.30. The number of benzene rings is 2. The molecule has 38 heavy (non-hydrogen) atoms. The number of hydrogen-bond donors (Lipinski definition) is 3. The van der Waals surface area contributed by atoms with Gasteiger partial charge in [-0.1, -0.05) is 60.7 Å². The van der Waals surface area contributed by atoms with E-state index in [1.54, 1.807) is 21.8 Å². The Morgan fingerprint density at radius 2 is 1.63 bits per heavy atom. The van der Waals surface area contributed by atoms with Crippen molar-refractivity contribution in [2.75, 3.05) is 11.9 Å². The normalized spacial score (nSPS) is 21.4. The number of halogens is 1. The molecule has 5 aromatic rings. The number of anilines is 1. The Labute approximate surface area is 224 Å². The molecule has 194 valence electrons. The van der Waals surface area contributed by atoms with Gasteiger partial charge in [0, 0.05) is 18.7 Å². The molecule has 1 aliphatic rings. The van der Waals surface area contributed by atoms with Crippen LogP contribution in [0.25, 0.3) is 11.2 Å². The van der Waals surface area contributed by atoms with Crippen LogP contribution in [0.5, 0.6) is 0 Å². The zero-order valence-corrected chi connectivity index (χ0v) is 21.5. The molecular weight excluding hydrogens is 502 g/mol. The Kier molecular flexibility index (Phi) is 6.57. The van der Waals surface area contributed by atoms with Crippen molar-refractivity contribution < 1.29 is 10.2 Å². The van der Waals surface area contributed by atoms with E-state index in [0.29, 0.717) is 29.9 Å². The van der Waals surface area contributed by atoms with Gasteiger partial charge < -0.3 is 20.1 Å². The molecule has 3 heterocycles. The fourth-order valence-electron chi connectivity index (χ4n) is 5.39. The molecule has 3 N–H and O–H groups in total. The highest BCUT2D eigenvalue weighted by atomic mass is 35.5. The molecule has 0 radical (unpaired) electrons. The molecule has 3 aromatic heterocycles. The molecule has 0 bridgehead atoms. The molecule has 10 heteroatoms. The molecule has 2 aromatic carbocycles. The SMILES string of the molecule is Cc1cnn([C@H]2CC(n3cnc4c(NCC(c5ccccc5)c5ccccc5)nc(Cl)nc43)C(O)[C@@H]2O)c1. The summed E-state index contributed by atoms with van der Waals surface area (Å²) >= 11 is 6.37. The molecule has 0 aliphatic heterocycles. The smallest absolute Gasteiger partial charge is 0.226 e. The first-order valence-electron chi connectivity index (χ1n) is 12.6. The number of imidazole rings is 1. The molecule has 0 saturated heterocycles. The van der Waals surface area contributed by atoms with Crippen LogP contribution < -0.4 is 5.32 Å². The molecule has 0 spiro atoms. The summed E-state index contributed by atoms with van der Waals surface area (Å²) in [6.45, 7) is 2.50. The fraction of sp³-hybridized carbons (Fsp3) is 0.286. The summed E-state index contributed by atoms with van der Waals surface area (Å²) in [7, 11) is 0. The van der Waals surface area contributed by atoms with E-state index < -0.39 is 18.2 Å². The van der Waals surface area contributed by atoms with Crippen LogP contribution in [0.1, 0.15) is 41.1 Å². The molecule has 1 aliphatic carbocycles. The summed E-state index contributed by atoms with van der Waals surface area (Å²) in [4.78, 5) is 13.5. The van der Waals surface area contributed by atoms with Crippen LogP contribution in [0.2, 0.25) is 5.28 Å². The minimum atomic E-state index is -1.02. The number of nitrogens with zero attached hydrogens (tertiary/aromatic N) is 6. The molecule has 4 atom stereocenters. The number of fused-ring (bicyclic) bond motifs is 1. The van der Waals surface area contributed by atoms with Crippen LogP contribution in [-0.2, 0) is 0 Å². The van der Waals surface area contributed by atoms with Crippen LogP contribution in [0.4, 0.5) is 5.82 Å². The zero-order valence-electron chi connectivity index (χ0n) is 20.8. The van der Waals surface area contributed by atoms with Gasteiger partial charge in [0.2, 0.25) is 5.28 Å². The predicted molar refractivity (Wildman–Crippen MR) is 145 cm³/mol. The van der Waals surface area contributed by atoms with E-state index in [-0.39, 0.29) is 17.2 Å². The van der Waals surface area contributed by atoms with Gasteiger partial charge in [-0.2, -0.15) is 15.1 Å². The van der Waals surface area contributed by atoms with Crippen LogP contribution >= 0.6 is 11.6 Å². The van der Waals surface area contributed by atoms with Crippen molar-refractivity contribution in [1.29, 1.82) is 0 Å². The first kappa shape index (κ1) is 24.5. The van der Waals surface area contributed by atoms with E-state index in [2.05, 4.69) is 49.6 Å². The highest BCUT2D eigenvalue weighted by Crippen LogP contribution is 2.40. The quantitative estimate of drug-likeness (QED) is 0.271. The molecule has 1 fully saturated rings. The highest BCUT2D eigenvalue weighted by Gasteiger charge is 2.44. The van der Waals surface area contributed by atoms with Crippen molar-refractivity contribution in [3.63, 3.8) is 0 Å². The van der Waals surface area contributed by atoms with Crippen molar-refractivity contribution in [2.24, 2.45) is 0 Å². The fourth-order valence-corrected chi connectivity index (χ4v) is 5.56. The molecule has 2 unspecified atom stereocenters. The maximum Gasteiger partial charge on any atom is 0.226 e. The first-order chi connectivity index (χ1) is 18.5. The van der Waals surface area contributed by atoms with Crippen molar-refractivity contribution in [1.82, 2.24) is 29.3 Å². The minimum absolute atomic E-state index is 0.0741. The van der Waals surface area contributed by atoms with E-state index >= 15 is 0 Å². The van der Waals surface area contributed by atoms with Crippen molar-refractivity contribution >= 4 is 28.6 Å². The monoisotopic (exact) mass is 529 g/mol. The largest absolute Gasteiger partial charge is 0.388 e. The Bertz CT molecular complexity index is 1500. The number of aliphatic hydroxyl groups is 2. The summed E-state index contributed by atoms with van der Waals surface area (Å²) in [5, 5.41) is 29.6. The predicted octanol–water partition coefficient (Wildman–Crippen LogP) is 4.14. The Balaban J connectivity index is 1.30. The number of rotatable bonds is 7. The summed E-state index contributed by atoms with van der Waals surface area (Å²) in [5.41, 5.74) is 4.39. The summed E-state index contributed by atoms with van der Waals surface area (Å²) in [6, 6.07) is 19.8. The van der Waals surface area contributed by atoms with Gasteiger partial charge in [0.25, 0.3) is 0 Å². The summed E-state index contributed by atoms with van der Waals surface area (Å²) < 4.78 is 3.49. The van der Waals surface area contributed by atoms with Crippen molar-refractivity contribution in [3.05, 3.63) is 101 Å². The zero-order chi connectivity index (χ0) is 26.2. The maximum absolute atomic E-state index is 11.0. The van der Waals surface area contributed by atoms with Crippen LogP contribution in [0.3, 0.4) is 0 Å². The Morgan fingerprint density at radius 3 is 2.26 bits per heavy atom. The van der Waals surface area contributed by atoms with Gasteiger partial charge in [-0.05, 0) is 41.6 Å². The number of aromatic nitrogens is 6. The Morgan fingerprint density at radius 1 is 0.974 bits per heavy atom. The number of aryl methyl sites for hydroxylation is 1. The second kappa shape index (κ2) is 10.2. The van der Waals surface area contributed by atoms with E-state index in [4.69, 9.17) is 11.6 Å². The lowest BCUT2D eigenvalue weighted by atomic mass is 9.91. The number of hydrogen-bond acceptors (Lipinski definition) is 7. The maximum atomic E-state index is 11.0. The van der Waals surface area contributed by atoms with E-state index in [1.165, 1.54) is 11.1 Å². The first-order valence-corrected chi connectivity index (χ1v) is 13.0. The summed E-state index contributed by atoms with van der Waals surface area (Å²) in [5.74, 6) is 0.594. The van der Waals surface area contributed by atoms with Crippen LogP contribution in [-0.4, -0.2) is 58.3 Å². The van der Waals surface area contributed by atoms with Gasteiger partial charge in [-0.15, -0.1) is 0 Å². The van der Waals surface area contributed by atoms with Crippen molar-refractivity contribution in [2.45, 2.75) is 43.6 Å². The third-order valence-electron chi connectivity index (χ3n) is 7.32. The van der Waals surface area contributed by atoms with Crippen molar-refractivity contribution in [3.8, 4) is 0 Å². The third-order valence-corrected chi connectivity index (χ3v) is 7.49. The average Bonchev–Trinajstić information content (AvgIpc) is 3.63. The van der Waals surface area contributed by atoms with Crippen LogP contribution in [0.15, 0.2) is 79.4 Å². The highest BCUT2D eigenvalue weighted by molar-refractivity contribution is 6.28. The molecule has 6 rings (SSSR count). The van der Waals surface area contributed by atoms with Gasteiger partial charge in [0.1, 0.15) is 12.2 Å². The lowest BCUT2D eigenvalue weighted by Gasteiger charge is -2.20.